The second-order valence-electron chi connectivity index (χ2n) is 4.73. The summed E-state index contributed by atoms with van der Waals surface area (Å²) in [5, 5.41) is 3.00. The lowest BCUT2D eigenvalue weighted by molar-refractivity contribution is -0.125. The van der Waals surface area contributed by atoms with Gasteiger partial charge >= 0.3 is 0 Å². The zero-order valence-electron chi connectivity index (χ0n) is 10.5. The molecule has 2 amide bonds. The van der Waals surface area contributed by atoms with Gasteiger partial charge in [0.25, 0.3) is 5.91 Å². The van der Waals surface area contributed by atoms with Gasteiger partial charge < -0.3 is 22.5 Å². The van der Waals surface area contributed by atoms with Crippen molar-refractivity contribution in [2.45, 2.75) is 13.8 Å². The molecule has 0 aromatic heterocycles. The number of carbonyl (C=O) groups is 2. The summed E-state index contributed by atoms with van der Waals surface area (Å²) in [6, 6.07) is 4.91. The molecule has 6 heteroatoms. The van der Waals surface area contributed by atoms with Gasteiger partial charge in [-0.3, -0.25) is 9.59 Å². The average molecular weight is 250 g/mol. The van der Waals surface area contributed by atoms with Crippen LogP contribution in [0.2, 0.25) is 0 Å². The summed E-state index contributed by atoms with van der Waals surface area (Å²) in [7, 11) is 0. The largest absolute Gasteiger partial charge is 0.396 e. The van der Waals surface area contributed by atoms with Crippen molar-refractivity contribution in [3.05, 3.63) is 23.8 Å². The SMILES string of the molecule is CC(C)(CNc1cccc(C(N)=O)c1N)C(N)=O. The number of benzene rings is 1. The van der Waals surface area contributed by atoms with Crippen molar-refractivity contribution >= 4 is 23.2 Å². The van der Waals surface area contributed by atoms with Crippen LogP contribution in [0.1, 0.15) is 24.2 Å². The molecule has 0 atom stereocenters. The van der Waals surface area contributed by atoms with Gasteiger partial charge in [-0.1, -0.05) is 6.07 Å². The van der Waals surface area contributed by atoms with Crippen molar-refractivity contribution in [3.63, 3.8) is 0 Å². The first-order chi connectivity index (χ1) is 8.25. The fourth-order valence-corrected chi connectivity index (χ4v) is 1.34. The highest BCUT2D eigenvalue weighted by atomic mass is 16.1. The number of nitrogens with two attached hydrogens (primary N) is 3. The molecule has 98 valence electrons. The molecule has 0 aliphatic heterocycles. The smallest absolute Gasteiger partial charge is 0.250 e. The molecule has 0 bridgehead atoms. The van der Waals surface area contributed by atoms with Crippen LogP contribution in [-0.4, -0.2) is 18.4 Å². The third-order valence-electron chi connectivity index (χ3n) is 2.76. The second kappa shape index (κ2) is 4.95. The Balaban J connectivity index is 2.90. The number of hydrogen-bond donors (Lipinski definition) is 4. The van der Waals surface area contributed by atoms with Crippen LogP contribution in [0.3, 0.4) is 0 Å². The molecule has 1 rings (SSSR count). The molecule has 0 fully saturated rings. The number of nitrogen functional groups attached to an aromatic ring is 1. The summed E-state index contributed by atoms with van der Waals surface area (Å²) in [4.78, 5) is 22.3. The molecule has 0 heterocycles. The highest BCUT2D eigenvalue weighted by molar-refractivity contribution is 6.00. The zero-order valence-corrected chi connectivity index (χ0v) is 10.5. The number of anilines is 2. The van der Waals surface area contributed by atoms with Crippen molar-refractivity contribution in [3.8, 4) is 0 Å². The predicted octanol–water partition coefficient (Wildman–Crippen LogP) is 0.291. The number of rotatable bonds is 5. The fourth-order valence-electron chi connectivity index (χ4n) is 1.34. The first-order valence-corrected chi connectivity index (χ1v) is 5.48. The Morgan fingerprint density at radius 2 is 1.89 bits per heavy atom. The Labute approximate surface area is 106 Å². The van der Waals surface area contributed by atoms with E-state index in [1.54, 1.807) is 32.0 Å². The number of hydrogen-bond acceptors (Lipinski definition) is 4. The third kappa shape index (κ3) is 2.91. The normalized spacial score (nSPS) is 11.0. The molecule has 1 aromatic carbocycles. The number of para-hydroxylation sites is 1. The van der Waals surface area contributed by atoms with Gasteiger partial charge in [-0.25, -0.2) is 0 Å². The Kier molecular flexibility index (Phi) is 3.80. The van der Waals surface area contributed by atoms with E-state index in [4.69, 9.17) is 17.2 Å². The number of nitrogens with one attached hydrogen (secondary N) is 1. The molecule has 0 radical (unpaired) electrons. The van der Waals surface area contributed by atoms with Crippen LogP contribution in [-0.2, 0) is 4.79 Å². The lowest BCUT2D eigenvalue weighted by Crippen LogP contribution is -2.37. The average Bonchev–Trinajstić information content (AvgIpc) is 2.27. The van der Waals surface area contributed by atoms with Gasteiger partial charge in [0.1, 0.15) is 0 Å². The highest BCUT2D eigenvalue weighted by Gasteiger charge is 2.24. The molecular weight excluding hydrogens is 232 g/mol. The highest BCUT2D eigenvalue weighted by Crippen LogP contribution is 2.24. The van der Waals surface area contributed by atoms with E-state index in [0.717, 1.165) is 0 Å². The Bertz CT molecular complexity index is 483. The first kappa shape index (κ1) is 13.8. The van der Waals surface area contributed by atoms with Crippen molar-refractivity contribution in [1.29, 1.82) is 0 Å². The maximum Gasteiger partial charge on any atom is 0.250 e. The number of amides is 2. The van der Waals surface area contributed by atoms with Crippen LogP contribution in [0.15, 0.2) is 18.2 Å². The van der Waals surface area contributed by atoms with Crippen molar-refractivity contribution < 1.29 is 9.59 Å². The van der Waals surface area contributed by atoms with E-state index in [0.29, 0.717) is 12.2 Å². The zero-order chi connectivity index (χ0) is 13.9. The van der Waals surface area contributed by atoms with Crippen LogP contribution >= 0.6 is 0 Å². The van der Waals surface area contributed by atoms with E-state index in [2.05, 4.69) is 5.32 Å². The summed E-state index contributed by atoms with van der Waals surface area (Å²) >= 11 is 0. The molecule has 0 aliphatic carbocycles. The summed E-state index contributed by atoms with van der Waals surface area (Å²) in [5.41, 5.74) is 16.6. The fraction of sp³-hybridized carbons (Fsp3) is 0.333. The van der Waals surface area contributed by atoms with Gasteiger partial charge in [-0.2, -0.15) is 0 Å². The molecule has 0 unspecified atom stereocenters. The van der Waals surface area contributed by atoms with E-state index in [9.17, 15) is 9.59 Å². The molecule has 6 nitrogen and oxygen atoms in total. The third-order valence-corrected chi connectivity index (χ3v) is 2.76. The van der Waals surface area contributed by atoms with Crippen LogP contribution in [0, 0.1) is 5.41 Å². The maximum absolute atomic E-state index is 11.2. The molecule has 0 saturated carbocycles. The minimum atomic E-state index is -0.713. The first-order valence-electron chi connectivity index (χ1n) is 5.48. The van der Waals surface area contributed by atoms with Gasteiger partial charge in [-0.05, 0) is 26.0 Å². The minimum absolute atomic E-state index is 0.247. The Morgan fingerprint density at radius 1 is 1.28 bits per heavy atom. The molecule has 0 aliphatic rings. The van der Waals surface area contributed by atoms with Crippen molar-refractivity contribution in [1.82, 2.24) is 0 Å². The van der Waals surface area contributed by atoms with E-state index in [-0.39, 0.29) is 11.3 Å². The van der Waals surface area contributed by atoms with Crippen molar-refractivity contribution in [2.24, 2.45) is 16.9 Å². The number of carbonyl (C=O) groups excluding carboxylic acids is 2. The second-order valence-corrected chi connectivity index (χ2v) is 4.73. The number of primary amides is 2. The standard InChI is InChI=1S/C12H18N4O2/c1-12(2,11(15)18)6-16-8-5-3-4-7(9(8)13)10(14)17/h3-5,16H,6,13H2,1-2H3,(H2,14,17)(H2,15,18). The van der Waals surface area contributed by atoms with E-state index in [1.807, 2.05) is 0 Å². The quantitative estimate of drug-likeness (QED) is 0.560. The molecular formula is C12H18N4O2. The molecule has 1 aromatic rings. The van der Waals surface area contributed by atoms with Gasteiger partial charge in [0, 0.05) is 6.54 Å². The van der Waals surface area contributed by atoms with Crippen LogP contribution in [0.5, 0.6) is 0 Å². The van der Waals surface area contributed by atoms with Crippen LogP contribution in [0.25, 0.3) is 0 Å². The van der Waals surface area contributed by atoms with Crippen LogP contribution in [0.4, 0.5) is 11.4 Å². The monoisotopic (exact) mass is 250 g/mol. The van der Waals surface area contributed by atoms with Gasteiger partial charge in [0.15, 0.2) is 0 Å². The lowest BCUT2D eigenvalue weighted by atomic mass is 9.92. The van der Waals surface area contributed by atoms with Crippen molar-refractivity contribution in [2.75, 3.05) is 17.6 Å². The summed E-state index contributed by atoms with van der Waals surface area (Å²) in [6.45, 7) is 3.75. The minimum Gasteiger partial charge on any atom is -0.396 e. The molecule has 0 saturated heterocycles. The summed E-state index contributed by atoms with van der Waals surface area (Å²) in [5.74, 6) is -1.01. The predicted molar refractivity (Wildman–Crippen MR) is 70.8 cm³/mol. The topological polar surface area (TPSA) is 124 Å². The summed E-state index contributed by atoms with van der Waals surface area (Å²) in [6.07, 6.45) is 0. The lowest BCUT2D eigenvalue weighted by Gasteiger charge is -2.22. The van der Waals surface area contributed by atoms with Crippen LogP contribution < -0.4 is 22.5 Å². The molecule has 7 N–H and O–H groups in total. The van der Waals surface area contributed by atoms with Gasteiger partial charge in [0.05, 0.1) is 22.4 Å². The van der Waals surface area contributed by atoms with Gasteiger partial charge in [-0.15, -0.1) is 0 Å². The van der Waals surface area contributed by atoms with E-state index < -0.39 is 17.2 Å². The molecule has 18 heavy (non-hydrogen) atoms. The maximum atomic E-state index is 11.2. The Hall–Kier alpha value is -2.24. The Morgan fingerprint density at radius 3 is 2.39 bits per heavy atom. The van der Waals surface area contributed by atoms with E-state index in [1.165, 1.54) is 0 Å². The summed E-state index contributed by atoms with van der Waals surface area (Å²) < 4.78 is 0. The van der Waals surface area contributed by atoms with E-state index >= 15 is 0 Å². The molecule has 0 spiro atoms. The van der Waals surface area contributed by atoms with Gasteiger partial charge in [0.2, 0.25) is 5.91 Å².